The molecule has 1 saturated carbocycles. The number of rotatable bonds is 5. The molecule has 3 heteroatoms. The summed E-state index contributed by atoms with van der Waals surface area (Å²) in [5.41, 5.74) is 0.778. The first-order chi connectivity index (χ1) is 11.4. The van der Waals surface area contributed by atoms with Crippen molar-refractivity contribution >= 4 is 5.97 Å². The van der Waals surface area contributed by atoms with Gasteiger partial charge in [-0.15, -0.1) is 6.58 Å². The van der Waals surface area contributed by atoms with Crippen LogP contribution in [0.1, 0.15) is 73.6 Å². The minimum absolute atomic E-state index is 0.105. The molecule has 0 amide bonds. The Morgan fingerprint density at radius 3 is 2.72 bits per heavy atom. The van der Waals surface area contributed by atoms with Crippen molar-refractivity contribution in [3.05, 3.63) is 24.3 Å². The van der Waals surface area contributed by atoms with Gasteiger partial charge < -0.3 is 9.84 Å². The van der Waals surface area contributed by atoms with Crippen molar-refractivity contribution in [3.8, 4) is 0 Å². The molecule has 6 atom stereocenters. The SMILES string of the molecule is C=C[C@](C)(O)CC[C@@]1(C)[C@H](C)CC[C@@]2(C)C(C)=C[C@H](OC(C)=O)C[C@H]12. The Labute approximate surface area is 153 Å². The van der Waals surface area contributed by atoms with Crippen molar-refractivity contribution in [1.29, 1.82) is 0 Å². The van der Waals surface area contributed by atoms with E-state index in [0.29, 0.717) is 18.3 Å². The van der Waals surface area contributed by atoms with E-state index in [2.05, 4.69) is 40.3 Å². The fourth-order valence-electron chi connectivity index (χ4n) is 5.20. The van der Waals surface area contributed by atoms with Crippen molar-refractivity contribution in [1.82, 2.24) is 0 Å². The minimum Gasteiger partial charge on any atom is -0.458 e. The minimum atomic E-state index is -0.828. The van der Waals surface area contributed by atoms with E-state index in [1.54, 1.807) is 6.08 Å². The molecule has 0 aliphatic heterocycles. The lowest BCUT2D eigenvalue weighted by Crippen LogP contribution is -2.52. The molecule has 1 fully saturated rings. The van der Waals surface area contributed by atoms with Gasteiger partial charge in [0.1, 0.15) is 6.10 Å². The van der Waals surface area contributed by atoms with E-state index >= 15 is 0 Å². The molecule has 2 aliphatic carbocycles. The van der Waals surface area contributed by atoms with E-state index < -0.39 is 5.60 Å². The summed E-state index contributed by atoms with van der Waals surface area (Å²) in [5.74, 6) is 0.812. The third-order valence-electron chi connectivity index (χ3n) is 7.52. The average molecular weight is 349 g/mol. The number of carbonyl (C=O) groups is 1. The predicted molar refractivity (Wildman–Crippen MR) is 102 cm³/mol. The van der Waals surface area contributed by atoms with Crippen LogP contribution in [0.25, 0.3) is 0 Å². The Kier molecular flexibility index (Phi) is 5.59. The molecule has 0 spiro atoms. The molecule has 0 aromatic carbocycles. The first-order valence-corrected chi connectivity index (χ1v) is 9.67. The monoisotopic (exact) mass is 348 g/mol. The number of fused-ring (bicyclic) bond motifs is 1. The fourth-order valence-corrected chi connectivity index (χ4v) is 5.20. The second-order valence-corrected chi connectivity index (χ2v) is 9.21. The van der Waals surface area contributed by atoms with Gasteiger partial charge in [0, 0.05) is 6.92 Å². The van der Waals surface area contributed by atoms with Crippen LogP contribution < -0.4 is 0 Å². The second-order valence-electron chi connectivity index (χ2n) is 9.21. The molecular weight excluding hydrogens is 312 g/mol. The van der Waals surface area contributed by atoms with Crippen molar-refractivity contribution in [2.75, 3.05) is 0 Å². The maximum atomic E-state index is 11.5. The van der Waals surface area contributed by atoms with Crippen LogP contribution in [-0.4, -0.2) is 22.8 Å². The van der Waals surface area contributed by atoms with E-state index in [1.165, 1.54) is 25.3 Å². The zero-order valence-corrected chi connectivity index (χ0v) is 16.9. The highest BCUT2D eigenvalue weighted by molar-refractivity contribution is 5.66. The molecule has 142 valence electrons. The number of hydrogen-bond acceptors (Lipinski definition) is 3. The van der Waals surface area contributed by atoms with E-state index in [9.17, 15) is 9.90 Å². The number of allylic oxidation sites excluding steroid dienone is 1. The van der Waals surface area contributed by atoms with Gasteiger partial charge >= 0.3 is 5.97 Å². The average Bonchev–Trinajstić information content (AvgIpc) is 2.52. The summed E-state index contributed by atoms with van der Waals surface area (Å²) in [6, 6.07) is 0. The number of aliphatic hydroxyl groups is 1. The Morgan fingerprint density at radius 2 is 2.16 bits per heavy atom. The third-order valence-corrected chi connectivity index (χ3v) is 7.52. The zero-order valence-electron chi connectivity index (χ0n) is 16.9. The summed E-state index contributed by atoms with van der Waals surface area (Å²) in [6.07, 6.45) is 8.61. The first-order valence-electron chi connectivity index (χ1n) is 9.67. The van der Waals surface area contributed by atoms with Gasteiger partial charge in [-0.25, -0.2) is 0 Å². The molecule has 25 heavy (non-hydrogen) atoms. The molecule has 3 nitrogen and oxygen atoms in total. The van der Waals surface area contributed by atoms with E-state index in [4.69, 9.17) is 4.74 Å². The van der Waals surface area contributed by atoms with Gasteiger partial charge in [0.25, 0.3) is 0 Å². The van der Waals surface area contributed by atoms with Crippen LogP contribution in [0.3, 0.4) is 0 Å². The molecule has 0 saturated heterocycles. The number of esters is 1. The van der Waals surface area contributed by atoms with Crippen LogP contribution in [0.4, 0.5) is 0 Å². The van der Waals surface area contributed by atoms with Gasteiger partial charge in [-0.1, -0.05) is 32.4 Å². The smallest absolute Gasteiger partial charge is 0.303 e. The topological polar surface area (TPSA) is 46.5 Å². The lowest BCUT2D eigenvalue weighted by molar-refractivity contribution is -0.148. The highest BCUT2D eigenvalue weighted by Crippen LogP contribution is 2.62. The maximum absolute atomic E-state index is 11.5. The van der Waals surface area contributed by atoms with Crippen LogP contribution in [0.5, 0.6) is 0 Å². The zero-order chi connectivity index (χ0) is 19.0. The lowest BCUT2D eigenvalue weighted by Gasteiger charge is -2.59. The Morgan fingerprint density at radius 1 is 1.52 bits per heavy atom. The molecule has 2 aliphatic rings. The number of ether oxygens (including phenoxy) is 1. The molecule has 0 radical (unpaired) electrons. The van der Waals surface area contributed by atoms with E-state index in [1.807, 2.05) is 6.92 Å². The first kappa shape index (κ1) is 20.2. The maximum Gasteiger partial charge on any atom is 0.303 e. The van der Waals surface area contributed by atoms with Gasteiger partial charge in [-0.05, 0) is 74.7 Å². The standard InChI is InChI=1S/C22H36O3/c1-8-20(5,24)11-12-22(7)15(2)9-10-21(6)16(3)13-18(14-19(21)22)25-17(4)23/h8,13,15,18-19,24H,1,9-12,14H2,2-7H3/t15-,18+,19+,20+,21+,22+/m1/s1. The quantitative estimate of drug-likeness (QED) is 0.559. The summed E-state index contributed by atoms with van der Waals surface area (Å²) in [4.78, 5) is 11.5. The van der Waals surface area contributed by atoms with Gasteiger partial charge in [0.05, 0.1) is 5.60 Å². The molecule has 0 aromatic heterocycles. The summed E-state index contributed by atoms with van der Waals surface area (Å²) in [5, 5.41) is 10.4. The van der Waals surface area contributed by atoms with Gasteiger partial charge in [0.15, 0.2) is 0 Å². The van der Waals surface area contributed by atoms with Crippen molar-refractivity contribution in [2.45, 2.75) is 85.4 Å². The van der Waals surface area contributed by atoms with Crippen LogP contribution in [0.2, 0.25) is 0 Å². The molecular formula is C22H36O3. The van der Waals surface area contributed by atoms with Gasteiger partial charge in [-0.3, -0.25) is 4.79 Å². The van der Waals surface area contributed by atoms with Crippen molar-refractivity contribution < 1.29 is 14.6 Å². The molecule has 1 N–H and O–H groups in total. The number of carbonyl (C=O) groups excluding carboxylic acids is 1. The van der Waals surface area contributed by atoms with Crippen LogP contribution in [0.15, 0.2) is 24.3 Å². The van der Waals surface area contributed by atoms with Gasteiger partial charge in [0.2, 0.25) is 0 Å². The summed E-state index contributed by atoms with van der Waals surface area (Å²) in [7, 11) is 0. The molecule has 0 heterocycles. The van der Waals surface area contributed by atoms with E-state index in [-0.39, 0.29) is 22.9 Å². The summed E-state index contributed by atoms with van der Waals surface area (Å²) < 4.78 is 5.57. The van der Waals surface area contributed by atoms with E-state index in [0.717, 1.165) is 12.8 Å². The largest absolute Gasteiger partial charge is 0.458 e. The lowest BCUT2D eigenvalue weighted by atomic mass is 9.46. The normalized spacial score (nSPS) is 40.4. The van der Waals surface area contributed by atoms with Crippen LogP contribution in [-0.2, 0) is 9.53 Å². The molecule has 0 bridgehead atoms. The Balaban J connectivity index is 2.34. The molecule has 0 unspecified atom stereocenters. The highest BCUT2D eigenvalue weighted by atomic mass is 16.5. The van der Waals surface area contributed by atoms with Crippen molar-refractivity contribution in [2.24, 2.45) is 22.7 Å². The van der Waals surface area contributed by atoms with Gasteiger partial charge in [-0.2, -0.15) is 0 Å². The molecule has 0 aromatic rings. The third kappa shape index (κ3) is 3.86. The second kappa shape index (κ2) is 6.90. The summed E-state index contributed by atoms with van der Waals surface area (Å²) in [6.45, 7) is 16.4. The summed E-state index contributed by atoms with van der Waals surface area (Å²) >= 11 is 0. The van der Waals surface area contributed by atoms with Crippen molar-refractivity contribution in [3.63, 3.8) is 0 Å². The number of hydrogen-bond donors (Lipinski definition) is 1. The van der Waals surface area contributed by atoms with Crippen LogP contribution >= 0.6 is 0 Å². The highest BCUT2D eigenvalue weighted by Gasteiger charge is 2.54. The predicted octanol–water partition coefficient (Wildman–Crippen LogP) is 5.04. The van der Waals surface area contributed by atoms with Crippen LogP contribution in [0, 0.1) is 22.7 Å². The Bertz CT molecular complexity index is 562. The molecule has 2 rings (SSSR count). The fraction of sp³-hybridized carbons (Fsp3) is 0.773. The Hall–Kier alpha value is -1.09.